The summed E-state index contributed by atoms with van der Waals surface area (Å²) in [6.07, 6.45) is 2.23. The number of carbonyl (C=O) groups is 3. The lowest BCUT2D eigenvalue weighted by molar-refractivity contribution is -0.166. The summed E-state index contributed by atoms with van der Waals surface area (Å²) in [4.78, 5) is 37.1. The van der Waals surface area contributed by atoms with Crippen molar-refractivity contribution in [1.29, 1.82) is 0 Å². The van der Waals surface area contributed by atoms with Crippen LogP contribution in [0.15, 0.2) is 18.5 Å². The Labute approximate surface area is 111 Å². The van der Waals surface area contributed by atoms with Gasteiger partial charge in [0.25, 0.3) is 0 Å². The van der Waals surface area contributed by atoms with E-state index in [0.717, 1.165) is 0 Å². The normalized spacial score (nSPS) is 11.7. The first-order chi connectivity index (χ1) is 9.04. The van der Waals surface area contributed by atoms with Gasteiger partial charge in [-0.05, 0) is 19.9 Å². The van der Waals surface area contributed by atoms with E-state index in [1.165, 1.54) is 6.92 Å². The Hall–Kier alpha value is -2.11. The maximum absolute atomic E-state index is 11.6. The second-order valence-corrected chi connectivity index (χ2v) is 3.91. The molecule has 0 aromatic carbocycles. The first kappa shape index (κ1) is 14.9. The number of hydrogen-bond acceptors (Lipinski definition) is 5. The minimum absolute atomic E-state index is 0.0478. The summed E-state index contributed by atoms with van der Waals surface area (Å²) in [6, 6.07) is 1.63. The van der Waals surface area contributed by atoms with Gasteiger partial charge in [-0.2, -0.15) is 0 Å². The number of H-pyrrole nitrogens is 1. The smallest absolute Gasteiger partial charge is 0.347 e. The molecule has 1 N–H and O–H groups in total. The van der Waals surface area contributed by atoms with Gasteiger partial charge >= 0.3 is 11.9 Å². The van der Waals surface area contributed by atoms with Crippen LogP contribution in [-0.4, -0.2) is 35.4 Å². The number of rotatable bonds is 7. The molecule has 1 heterocycles. The van der Waals surface area contributed by atoms with Crippen molar-refractivity contribution in [2.24, 2.45) is 0 Å². The molecule has 0 bridgehead atoms. The molecule has 0 aliphatic rings. The first-order valence-corrected chi connectivity index (χ1v) is 6.06. The molecule has 0 aliphatic heterocycles. The Balaban J connectivity index is 2.32. The Bertz CT molecular complexity index is 438. The van der Waals surface area contributed by atoms with Crippen LogP contribution in [-0.2, 0) is 19.1 Å². The van der Waals surface area contributed by atoms with Gasteiger partial charge in [-0.25, -0.2) is 4.79 Å². The average Bonchev–Trinajstić information content (AvgIpc) is 2.90. The fourth-order valence-corrected chi connectivity index (χ4v) is 1.42. The lowest BCUT2D eigenvalue weighted by Gasteiger charge is -2.11. The predicted octanol–water partition coefficient (Wildman–Crippen LogP) is 1.47. The van der Waals surface area contributed by atoms with Gasteiger partial charge in [0.1, 0.15) is 0 Å². The fraction of sp³-hybridized carbons (Fsp3) is 0.462. The second-order valence-electron chi connectivity index (χ2n) is 3.91. The molecule has 1 aromatic rings. The molecule has 0 fully saturated rings. The Morgan fingerprint density at radius 1 is 1.32 bits per heavy atom. The summed E-state index contributed by atoms with van der Waals surface area (Å²) in [5.74, 6) is -1.33. The SMILES string of the molecule is CCOC(=O)[C@@H](C)OC(=O)CCC(=O)c1cc[nH]c1. The zero-order chi connectivity index (χ0) is 14.3. The summed E-state index contributed by atoms with van der Waals surface area (Å²) in [6.45, 7) is 3.33. The summed E-state index contributed by atoms with van der Waals surface area (Å²) < 4.78 is 9.56. The average molecular weight is 267 g/mol. The van der Waals surface area contributed by atoms with E-state index in [1.807, 2.05) is 0 Å². The molecule has 0 spiro atoms. The maximum atomic E-state index is 11.6. The highest BCUT2D eigenvalue weighted by atomic mass is 16.6. The van der Waals surface area contributed by atoms with E-state index >= 15 is 0 Å². The number of aromatic amines is 1. The van der Waals surface area contributed by atoms with Gasteiger partial charge in [0.15, 0.2) is 11.9 Å². The number of hydrogen-bond donors (Lipinski definition) is 1. The first-order valence-electron chi connectivity index (χ1n) is 6.06. The van der Waals surface area contributed by atoms with Crippen molar-refractivity contribution in [3.63, 3.8) is 0 Å². The Morgan fingerprint density at radius 3 is 2.63 bits per heavy atom. The highest BCUT2D eigenvalue weighted by Crippen LogP contribution is 2.06. The number of ether oxygens (including phenoxy) is 2. The van der Waals surface area contributed by atoms with Gasteiger partial charge in [0, 0.05) is 24.4 Å². The molecule has 0 amide bonds. The molecule has 0 radical (unpaired) electrons. The van der Waals surface area contributed by atoms with Crippen LogP contribution in [0, 0.1) is 0 Å². The van der Waals surface area contributed by atoms with E-state index in [9.17, 15) is 14.4 Å². The number of nitrogens with one attached hydrogen (secondary N) is 1. The van der Waals surface area contributed by atoms with Gasteiger partial charge in [-0.3, -0.25) is 9.59 Å². The van der Waals surface area contributed by atoms with Gasteiger partial charge < -0.3 is 14.5 Å². The molecule has 1 aromatic heterocycles. The van der Waals surface area contributed by atoms with Crippen molar-refractivity contribution in [3.8, 4) is 0 Å². The van der Waals surface area contributed by atoms with E-state index in [2.05, 4.69) is 4.98 Å². The molecule has 0 unspecified atom stereocenters. The van der Waals surface area contributed by atoms with Crippen molar-refractivity contribution in [2.45, 2.75) is 32.8 Å². The molecule has 0 aliphatic carbocycles. The second kappa shape index (κ2) is 7.35. The summed E-state index contributed by atoms with van der Waals surface area (Å²) >= 11 is 0. The van der Waals surface area contributed by atoms with Gasteiger partial charge in [0.2, 0.25) is 0 Å². The Morgan fingerprint density at radius 2 is 2.05 bits per heavy atom. The van der Waals surface area contributed by atoms with Crippen molar-refractivity contribution in [1.82, 2.24) is 4.98 Å². The number of esters is 2. The quantitative estimate of drug-likeness (QED) is 0.597. The van der Waals surface area contributed by atoms with Crippen LogP contribution < -0.4 is 0 Å². The zero-order valence-electron chi connectivity index (χ0n) is 11.0. The van der Waals surface area contributed by atoms with Crippen LogP contribution in [0.5, 0.6) is 0 Å². The molecule has 104 valence electrons. The van der Waals surface area contributed by atoms with Crippen LogP contribution in [0.2, 0.25) is 0 Å². The molecule has 1 rings (SSSR count). The van der Waals surface area contributed by atoms with Gasteiger partial charge in [0.05, 0.1) is 13.0 Å². The Kier molecular flexibility index (Phi) is 5.78. The van der Waals surface area contributed by atoms with Gasteiger partial charge in [-0.1, -0.05) is 0 Å². The number of aromatic nitrogens is 1. The van der Waals surface area contributed by atoms with E-state index < -0.39 is 18.0 Å². The van der Waals surface area contributed by atoms with Crippen molar-refractivity contribution in [3.05, 3.63) is 24.0 Å². The number of ketones is 1. The number of carbonyl (C=O) groups excluding carboxylic acids is 3. The third-order valence-electron chi connectivity index (χ3n) is 2.40. The fourth-order valence-electron chi connectivity index (χ4n) is 1.42. The highest BCUT2D eigenvalue weighted by Gasteiger charge is 2.19. The summed E-state index contributed by atoms with van der Waals surface area (Å²) in [7, 11) is 0. The molecule has 0 saturated carbocycles. The maximum Gasteiger partial charge on any atom is 0.347 e. The molecular weight excluding hydrogens is 250 g/mol. The summed E-state index contributed by atoms with van der Waals surface area (Å²) in [5, 5.41) is 0. The van der Waals surface area contributed by atoms with Crippen LogP contribution >= 0.6 is 0 Å². The van der Waals surface area contributed by atoms with Crippen LogP contribution in [0.25, 0.3) is 0 Å². The van der Waals surface area contributed by atoms with Crippen LogP contribution in [0.3, 0.4) is 0 Å². The predicted molar refractivity (Wildman–Crippen MR) is 66.5 cm³/mol. The van der Waals surface area contributed by atoms with Crippen LogP contribution in [0.4, 0.5) is 0 Å². The molecule has 6 nitrogen and oxygen atoms in total. The minimum atomic E-state index is -0.949. The van der Waals surface area contributed by atoms with E-state index in [1.54, 1.807) is 25.4 Å². The lowest BCUT2D eigenvalue weighted by Crippen LogP contribution is -2.26. The van der Waals surface area contributed by atoms with E-state index in [-0.39, 0.29) is 25.2 Å². The number of Topliss-reactive ketones (excluding diaryl/α,β-unsaturated/α-hetero) is 1. The van der Waals surface area contributed by atoms with Crippen molar-refractivity contribution in [2.75, 3.05) is 6.61 Å². The lowest BCUT2D eigenvalue weighted by atomic mass is 10.1. The standard InChI is InChI=1S/C13H17NO5/c1-3-18-13(17)9(2)19-12(16)5-4-11(15)10-6-7-14-8-10/h6-9,14H,3-5H2,1-2H3/t9-/m1/s1. The molecule has 19 heavy (non-hydrogen) atoms. The van der Waals surface area contributed by atoms with Crippen LogP contribution in [0.1, 0.15) is 37.0 Å². The molecule has 1 atom stereocenters. The molecule has 0 saturated heterocycles. The topological polar surface area (TPSA) is 85.5 Å². The van der Waals surface area contributed by atoms with Crippen molar-refractivity contribution >= 4 is 17.7 Å². The minimum Gasteiger partial charge on any atom is -0.463 e. The van der Waals surface area contributed by atoms with E-state index in [4.69, 9.17) is 9.47 Å². The monoisotopic (exact) mass is 267 g/mol. The third-order valence-corrected chi connectivity index (χ3v) is 2.40. The van der Waals surface area contributed by atoms with Gasteiger partial charge in [-0.15, -0.1) is 0 Å². The van der Waals surface area contributed by atoms with E-state index in [0.29, 0.717) is 5.56 Å². The summed E-state index contributed by atoms with van der Waals surface area (Å²) in [5.41, 5.74) is 0.520. The highest BCUT2D eigenvalue weighted by molar-refractivity contribution is 5.97. The molecular formula is C13H17NO5. The zero-order valence-corrected chi connectivity index (χ0v) is 11.0. The largest absolute Gasteiger partial charge is 0.463 e. The molecule has 6 heteroatoms. The third kappa shape index (κ3) is 4.95. The van der Waals surface area contributed by atoms with Crippen molar-refractivity contribution < 1.29 is 23.9 Å².